The van der Waals surface area contributed by atoms with E-state index in [0.717, 1.165) is 6.07 Å². The van der Waals surface area contributed by atoms with Gasteiger partial charge in [0.25, 0.3) is 0 Å². The van der Waals surface area contributed by atoms with Crippen molar-refractivity contribution < 1.29 is 17.6 Å². The fourth-order valence-corrected chi connectivity index (χ4v) is 1.06. The molecular weight excluding hydrogens is 184 g/mol. The molecule has 0 aliphatic heterocycles. The van der Waals surface area contributed by atoms with Crippen molar-refractivity contribution in [1.82, 2.24) is 0 Å². The summed E-state index contributed by atoms with van der Waals surface area (Å²) in [6, 6.07) is 3.47. The lowest BCUT2D eigenvalue weighted by Crippen LogP contribution is -2.07. The molecule has 0 saturated heterocycles. The van der Waals surface area contributed by atoms with Crippen LogP contribution >= 0.6 is 0 Å². The number of hydrogen-bond acceptors (Lipinski definition) is 0. The van der Waals surface area contributed by atoms with Gasteiger partial charge in [0, 0.05) is 0 Å². The van der Waals surface area contributed by atoms with Gasteiger partial charge in [-0.05, 0) is 24.1 Å². The molecule has 0 spiro atoms. The van der Waals surface area contributed by atoms with Crippen LogP contribution in [0.3, 0.4) is 0 Å². The normalized spacial score (nSPS) is 11.8. The Bertz CT molecular complexity index is 301. The van der Waals surface area contributed by atoms with Crippen LogP contribution in [-0.4, -0.2) is 0 Å². The number of benzene rings is 1. The summed E-state index contributed by atoms with van der Waals surface area (Å²) in [5.41, 5.74) is -0.592. The molecule has 0 aromatic heterocycles. The highest BCUT2D eigenvalue weighted by molar-refractivity contribution is 5.32. The van der Waals surface area contributed by atoms with Crippen LogP contribution in [0.2, 0.25) is 0 Å². The molecule has 13 heavy (non-hydrogen) atoms. The average Bonchev–Trinajstić information content (AvgIpc) is 2.03. The van der Waals surface area contributed by atoms with Crippen LogP contribution in [0.4, 0.5) is 17.6 Å². The minimum Gasteiger partial charge on any atom is -0.246 e. The Balaban J connectivity index is 3.19. The molecule has 72 valence electrons. The molecule has 0 atom stereocenters. The molecule has 1 rings (SSSR count). The van der Waals surface area contributed by atoms with Crippen molar-refractivity contribution in [3.05, 3.63) is 34.9 Å². The SMILES string of the molecule is Cc1ccc(CF)cc1C(F)(F)F. The van der Waals surface area contributed by atoms with Crippen LogP contribution in [0.15, 0.2) is 18.2 Å². The molecule has 0 saturated carbocycles. The van der Waals surface area contributed by atoms with Gasteiger partial charge in [0.1, 0.15) is 6.67 Å². The number of rotatable bonds is 1. The van der Waals surface area contributed by atoms with Crippen molar-refractivity contribution in [2.75, 3.05) is 0 Å². The van der Waals surface area contributed by atoms with Crippen molar-refractivity contribution in [3.63, 3.8) is 0 Å². The molecule has 0 N–H and O–H groups in total. The second-order valence-corrected chi connectivity index (χ2v) is 2.78. The number of hydrogen-bond donors (Lipinski definition) is 0. The zero-order chi connectivity index (χ0) is 10.1. The molecule has 0 fully saturated rings. The minimum absolute atomic E-state index is 0.0536. The third kappa shape index (κ3) is 2.20. The summed E-state index contributed by atoms with van der Waals surface area (Å²) in [4.78, 5) is 0. The zero-order valence-corrected chi connectivity index (χ0v) is 6.95. The number of alkyl halides is 4. The molecule has 0 aliphatic carbocycles. The van der Waals surface area contributed by atoms with E-state index in [1.165, 1.54) is 19.1 Å². The van der Waals surface area contributed by atoms with Crippen molar-refractivity contribution in [1.29, 1.82) is 0 Å². The van der Waals surface area contributed by atoms with Gasteiger partial charge in [-0.15, -0.1) is 0 Å². The van der Waals surface area contributed by atoms with Gasteiger partial charge in [-0.3, -0.25) is 0 Å². The van der Waals surface area contributed by atoms with Crippen LogP contribution in [-0.2, 0) is 12.9 Å². The molecule has 0 unspecified atom stereocenters. The average molecular weight is 192 g/mol. The van der Waals surface area contributed by atoms with Gasteiger partial charge < -0.3 is 0 Å². The van der Waals surface area contributed by atoms with E-state index in [0.29, 0.717) is 0 Å². The second-order valence-electron chi connectivity index (χ2n) is 2.78. The summed E-state index contributed by atoms with van der Waals surface area (Å²) in [6.07, 6.45) is -4.39. The number of aryl methyl sites for hydroxylation is 1. The lowest BCUT2D eigenvalue weighted by molar-refractivity contribution is -0.138. The topological polar surface area (TPSA) is 0 Å². The number of halogens is 4. The summed E-state index contributed by atoms with van der Waals surface area (Å²) in [7, 11) is 0. The van der Waals surface area contributed by atoms with E-state index in [2.05, 4.69) is 0 Å². The Morgan fingerprint density at radius 1 is 1.23 bits per heavy atom. The van der Waals surface area contributed by atoms with Gasteiger partial charge in [0.2, 0.25) is 0 Å². The van der Waals surface area contributed by atoms with Gasteiger partial charge in [0.15, 0.2) is 0 Å². The van der Waals surface area contributed by atoms with Gasteiger partial charge >= 0.3 is 6.18 Å². The summed E-state index contributed by atoms with van der Waals surface area (Å²) >= 11 is 0. The standard InChI is InChI=1S/C9H8F4/c1-6-2-3-7(5-10)4-8(6)9(11,12)13/h2-4H,5H2,1H3. The molecular formula is C9H8F4. The van der Waals surface area contributed by atoms with E-state index in [9.17, 15) is 17.6 Å². The second kappa shape index (κ2) is 3.36. The van der Waals surface area contributed by atoms with E-state index in [1.807, 2.05) is 0 Å². The Morgan fingerprint density at radius 3 is 2.31 bits per heavy atom. The predicted molar refractivity (Wildman–Crippen MR) is 41.0 cm³/mol. The predicted octanol–water partition coefficient (Wildman–Crippen LogP) is 3.48. The van der Waals surface area contributed by atoms with Crippen molar-refractivity contribution in [3.8, 4) is 0 Å². The van der Waals surface area contributed by atoms with Gasteiger partial charge in [0.05, 0.1) is 5.56 Å². The third-order valence-electron chi connectivity index (χ3n) is 1.76. The Kier molecular flexibility index (Phi) is 2.59. The fraction of sp³-hybridized carbons (Fsp3) is 0.333. The summed E-state index contributed by atoms with van der Waals surface area (Å²) in [6.45, 7) is 0.480. The fourth-order valence-electron chi connectivity index (χ4n) is 1.06. The van der Waals surface area contributed by atoms with E-state index < -0.39 is 18.4 Å². The van der Waals surface area contributed by atoms with E-state index in [4.69, 9.17) is 0 Å². The van der Waals surface area contributed by atoms with Crippen molar-refractivity contribution in [2.45, 2.75) is 19.8 Å². The molecule has 0 nitrogen and oxygen atoms in total. The Hall–Kier alpha value is -1.06. The largest absolute Gasteiger partial charge is 0.416 e. The highest BCUT2D eigenvalue weighted by Gasteiger charge is 2.32. The molecule has 1 aromatic carbocycles. The minimum atomic E-state index is -4.39. The van der Waals surface area contributed by atoms with Crippen molar-refractivity contribution >= 4 is 0 Å². The Labute approximate surface area is 73.2 Å². The lowest BCUT2D eigenvalue weighted by atomic mass is 10.1. The molecule has 0 aliphatic rings. The monoisotopic (exact) mass is 192 g/mol. The van der Waals surface area contributed by atoms with Gasteiger partial charge in [-0.2, -0.15) is 13.2 Å². The molecule has 4 heteroatoms. The van der Waals surface area contributed by atoms with E-state index >= 15 is 0 Å². The molecule has 1 aromatic rings. The van der Waals surface area contributed by atoms with Crippen LogP contribution < -0.4 is 0 Å². The first-order valence-electron chi connectivity index (χ1n) is 3.68. The van der Waals surface area contributed by atoms with E-state index in [1.54, 1.807) is 0 Å². The maximum atomic E-state index is 12.2. The maximum Gasteiger partial charge on any atom is 0.416 e. The van der Waals surface area contributed by atoms with Gasteiger partial charge in [-0.1, -0.05) is 12.1 Å². The molecule has 0 amide bonds. The van der Waals surface area contributed by atoms with Gasteiger partial charge in [-0.25, -0.2) is 4.39 Å². The smallest absolute Gasteiger partial charge is 0.246 e. The van der Waals surface area contributed by atoms with E-state index in [-0.39, 0.29) is 11.1 Å². The first kappa shape index (κ1) is 10.0. The first-order valence-corrected chi connectivity index (χ1v) is 3.68. The summed E-state index contributed by atoms with van der Waals surface area (Å²) < 4.78 is 48.8. The van der Waals surface area contributed by atoms with Crippen molar-refractivity contribution in [2.24, 2.45) is 0 Å². The Morgan fingerprint density at radius 2 is 1.85 bits per heavy atom. The zero-order valence-electron chi connectivity index (χ0n) is 6.95. The summed E-state index contributed by atoms with van der Waals surface area (Å²) in [5.74, 6) is 0. The third-order valence-corrected chi connectivity index (χ3v) is 1.76. The highest BCUT2D eigenvalue weighted by Crippen LogP contribution is 2.32. The molecule has 0 radical (unpaired) electrons. The van der Waals surface area contributed by atoms with Crippen LogP contribution in [0.25, 0.3) is 0 Å². The van der Waals surface area contributed by atoms with Crippen LogP contribution in [0.5, 0.6) is 0 Å². The maximum absolute atomic E-state index is 12.2. The summed E-state index contributed by atoms with van der Waals surface area (Å²) in [5, 5.41) is 0. The van der Waals surface area contributed by atoms with Crippen LogP contribution in [0, 0.1) is 6.92 Å². The quantitative estimate of drug-likeness (QED) is 0.597. The molecule has 0 bridgehead atoms. The molecule has 0 heterocycles. The van der Waals surface area contributed by atoms with Crippen LogP contribution in [0.1, 0.15) is 16.7 Å². The first-order chi connectivity index (χ1) is 5.95. The lowest BCUT2D eigenvalue weighted by Gasteiger charge is -2.10. The highest BCUT2D eigenvalue weighted by atomic mass is 19.4.